The van der Waals surface area contributed by atoms with Crippen molar-refractivity contribution in [2.75, 3.05) is 37.6 Å². The monoisotopic (exact) mass is 310 g/mol. The van der Waals surface area contributed by atoms with E-state index in [1.165, 1.54) is 4.88 Å². The van der Waals surface area contributed by atoms with E-state index in [9.17, 15) is 4.79 Å². The number of aromatic nitrogens is 1. The van der Waals surface area contributed by atoms with Crippen LogP contribution in [0.25, 0.3) is 0 Å². The highest BCUT2D eigenvalue weighted by Gasteiger charge is 2.23. The zero-order valence-electron chi connectivity index (χ0n) is 13.7. The third-order valence-corrected chi connectivity index (χ3v) is 4.76. The first-order valence-corrected chi connectivity index (χ1v) is 8.30. The van der Waals surface area contributed by atoms with Crippen molar-refractivity contribution in [2.24, 2.45) is 5.41 Å². The highest BCUT2D eigenvalue weighted by atomic mass is 32.1. The predicted octanol–water partition coefficient (Wildman–Crippen LogP) is 2.64. The molecule has 0 unspecified atom stereocenters. The fourth-order valence-electron chi connectivity index (χ4n) is 2.14. The molecule has 0 radical (unpaired) electrons. The number of piperazine rings is 1. The topological polar surface area (TPSA) is 48.5 Å². The second kappa shape index (κ2) is 6.22. The van der Waals surface area contributed by atoms with Crippen molar-refractivity contribution in [3.63, 3.8) is 0 Å². The Kier molecular flexibility index (Phi) is 4.76. The summed E-state index contributed by atoms with van der Waals surface area (Å²) < 4.78 is 0. The lowest BCUT2D eigenvalue weighted by molar-refractivity contribution is 0.189. The third kappa shape index (κ3) is 4.33. The maximum Gasteiger partial charge on any atom is 0.317 e. The number of anilines is 1. The van der Waals surface area contributed by atoms with Gasteiger partial charge in [0, 0.05) is 37.6 Å². The number of nitrogens with zero attached hydrogens (tertiary/aromatic N) is 3. The Morgan fingerprint density at radius 1 is 1.24 bits per heavy atom. The average Bonchev–Trinajstić information content (AvgIpc) is 2.75. The number of hydrogen-bond donors (Lipinski definition) is 1. The van der Waals surface area contributed by atoms with E-state index in [2.05, 4.69) is 42.9 Å². The van der Waals surface area contributed by atoms with Crippen molar-refractivity contribution >= 4 is 22.5 Å². The molecule has 0 atom stereocenters. The molecule has 6 heteroatoms. The van der Waals surface area contributed by atoms with Crippen molar-refractivity contribution in [1.29, 1.82) is 0 Å². The lowest BCUT2D eigenvalue weighted by atomic mass is 9.97. The van der Waals surface area contributed by atoms with Crippen LogP contribution in [0.5, 0.6) is 0 Å². The molecular weight excluding hydrogens is 284 g/mol. The van der Waals surface area contributed by atoms with E-state index in [1.54, 1.807) is 11.3 Å². The van der Waals surface area contributed by atoms with Gasteiger partial charge in [-0.15, -0.1) is 11.3 Å². The molecule has 1 aromatic rings. The van der Waals surface area contributed by atoms with E-state index >= 15 is 0 Å². The summed E-state index contributed by atoms with van der Waals surface area (Å²) in [6.45, 7) is 14.5. The summed E-state index contributed by atoms with van der Waals surface area (Å²) in [4.78, 5) is 22.2. The summed E-state index contributed by atoms with van der Waals surface area (Å²) in [7, 11) is 0. The Balaban J connectivity index is 1.84. The van der Waals surface area contributed by atoms with Crippen LogP contribution < -0.4 is 10.2 Å². The fourth-order valence-corrected chi connectivity index (χ4v) is 3.11. The van der Waals surface area contributed by atoms with Gasteiger partial charge in [-0.05, 0) is 19.3 Å². The molecule has 1 N–H and O–H groups in total. The average molecular weight is 310 g/mol. The SMILES string of the molecule is Cc1nc(N2CCN(C(=O)NCC(C)(C)C)CC2)sc1C. The quantitative estimate of drug-likeness (QED) is 0.913. The lowest BCUT2D eigenvalue weighted by Crippen LogP contribution is -2.52. The maximum atomic E-state index is 12.1. The van der Waals surface area contributed by atoms with Crippen molar-refractivity contribution in [2.45, 2.75) is 34.6 Å². The van der Waals surface area contributed by atoms with E-state index < -0.39 is 0 Å². The molecule has 1 aliphatic heterocycles. The summed E-state index contributed by atoms with van der Waals surface area (Å²) in [6.07, 6.45) is 0. The van der Waals surface area contributed by atoms with Crippen LogP contribution in [0.4, 0.5) is 9.93 Å². The van der Waals surface area contributed by atoms with Gasteiger partial charge >= 0.3 is 6.03 Å². The number of nitrogens with one attached hydrogen (secondary N) is 1. The Bertz CT molecular complexity index is 479. The number of hydrogen-bond acceptors (Lipinski definition) is 4. The fraction of sp³-hybridized carbons (Fsp3) is 0.733. The van der Waals surface area contributed by atoms with Gasteiger partial charge in [-0.25, -0.2) is 9.78 Å². The Morgan fingerprint density at radius 2 is 1.86 bits per heavy atom. The third-order valence-electron chi connectivity index (χ3n) is 3.62. The van der Waals surface area contributed by atoms with Crippen LogP contribution in [0.15, 0.2) is 0 Å². The molecule has 2 heterocycles. The molecule has 2 rings (SSSR count). The molecule has 21 heavy (non-hydrogen) atoms. The van der Waals surface area contributed by atoms with Crippen molar-refractivity contribution in [1.82, 2.24) is 15.2 Å². The first-order valence-electron chi connectivity index (χ1n) is 7.48. The van der Waals surface area contributed by atoms with E-state index in [0.717, 1.165) is 37.0 Å². The summed E-state index contributed by atoms with van der Waals surface area (Å²) in [5, 5.41) is 4.10. The number of aryl methyl sites for hydroxylation is 2. The molecule has 1 saturated heterocycles. The van der Waals surface area contributed by atoms with Crippen molar-refractivity contribution in [3.8, 4) is 0 Å². The summed E-state index contributed by atoms with van der Waals surface area (Å²) in [5.74, 6) is 0. The first-order chi connectivity index (χ1) is 9.76. The normalized spacial score (nSPS) is 16.2. The van der Waals surface area contributed by atoms with Gasteiger partial charge in [0.15, 0.2) is 5.13 Å². The van der Waals surface area contributed by atoms with Gasteiger partial charge in [-0.3, -0.25) is 0 Å². The minimum atomic E-state index is 0.0519. The molecular formula is C15H26N4OS. The Hall–Kier alpha value is -1.30. The van der Waals surface area contributed by atoms with Crippen LogP contribution in [-0.2, 0) is 0 Å². The molecule has 1 aliphatic rings. The van der Waals surface area contributed by atoms with Crippen molar-refractivity contribution in [3.05, 3.63) is 10.6 Å². The standard InChI is InChI=1S/C15H26N4OS/c1-11-12(2)21-14(17-11)19-8-6-18(7-9-19)13(20)16-10-15(3,4)5/h6-10H2,1-5H3,(H,16,20). The van der Waals surface area contributed by atoms with E-state index in [0.29, 0.717) is 6.54 Å². The molecule has 118 valence electrons. The number of rotatable bonds is 2. The second-order valence-corrected chi connectivity index (χ2v) is 8.01. The first kappa shape index (κ1) is 16.1. The Labute approximate surface area is 131 Å². The summed E-state index contributed by atoms with van der Waals surface area (Å²) >= 11 is 1.74. The molecule has 0 bridgehead atoms. The van der Waals surface area contributed by atoms with E-state index in [-0.39, 0.29) is 11.4 Å². The minimum absolute atomic E-state index is 0.0519. The highest BCUT2D eigenvalue weighted by Crippen LogP contribution is 2.25. The molecule has 0 aliphatic carbocycles. The van der Waals surface area contributed by atoms with Crippen LogP contribution in [-0.4, -0.2) is 48.6 Å². The smallest absolute Gasteiger partial charge is 0.317 e. The number of thiazole rings is 1. The zero-order valence-corrected chi connectivity index (χ0v) is 14.5. The maximum absolute atomic E-state index is 12.1. The molecule has 5 nitrogen and oxygen atoms in total. The van der Waals surface area contributed by atoms with Crippen molar-refractivity contribution < 1.29 is 4.79 Å². The minimum Gasteiger partial charge on any atom is -0.345 e. The van der Waals surface area contributed by atoms with E-state index in [4.69, 9.17) is 0 Å². The van der Waals surface area contributed by atoms with Crippen LogP contribution in [0.1, 0.15) is 31.3 Å². The Morgan fingerprint density at radius 3 is 2.33 bits per heavy atom. The molecule has 0 spiro atoms. The van der Waals surface area contributed by atoms with Gasteiger partial charge in [0.25, 0.3) is 0 Å². The van der Waals surface area contributed by atoms with Gasteiger partial charge in [0.05, 0.1) is 5.69 Å². The highest BCUT2D eigenvalue weighted by molar-refractivity contribution is 7.15. The molecule has 0 aromatic carbocycles. The molecule has 0 saturated carbocycles. The van der Waals surface area contributed by atoms with Crippen LogP contribution in [0.3, 0.4) is 0 Å². The van der Waals surface area contributed by atoms with Crippen LogP contribution in [0.2, 0.25) is 0 Å². The summed E-state index contributed by atoms with van der Waals surface area (Å²) in [6, 6.07) is 0.0519. The molecule has 2 amide bonds. The van der Waals surface area contributed by atoms with Gasteiger partial charge in [-0.2, -0.15) is 0 Å². The van der Waals surface area contributed by atoms with Crippen LogP contribution in [0, 0.1) is 19.3 Å². The van der Waals surface area contributed by atoms with Gasteiger partial charge in [0.1, 0.15) is 0 Å². The number of carbonyl (C=O) groups is 1. The molecule has 1 aromatic heterocycles. The second-order valence-electron chi connectivity index (χ2n) is 6.83. The lowest BCUT2D eigenvalue weighted by Gasteiger charge is -2.35. The number of amides is 2. The van der Waals surface area contributed by atoms with E-state index in [1.807, 2.05) is 11.8 Å². The molecule has 1 fully saturated rings. The van der Waals surface area contributed by atoms with Gasteiger partial charge < -0.3 is 15.1 Å². The van der Waals surface area contributed by atoms with Gasteiger partial charge in [-0.1, -0.05) is 20.8 Å². The number of urea groups is 1. The zero-order chi connectivity index (χ0) is 15.6. The number of carbonyl (C=O) groups excluding carboxylic acids is 1. The largest absolute Gasteiger partial charge is 0.345 e. The predicted molar refractivity (Wildman–Crippen MR) is 88.2 cm³/mol. The van der Waals surface area contributed by atoms with Gasteiger partial charge in [0.2, 0.25) is 0 Å². The summed E-state index contributed by atoms with van der Waals surface area (Å²) in [5.41, 5.74) is 1.23. The van der Waals surface area contributed by atoms with Crippen LogP contribution >= 0.6 is 11.3 Å².